The van der Waals surface area contributed by atoms with E-state index in [0.717, 1.165) is 18.2 Å². The minimum Gasteiger partial charge on any atom is -0.406 e. The monoisotopic (exact) mass is 419 g/mol. The predicted molar refractivity (Wildman–Crippen MR) is 91.7 cm³/mol. The summed E-state index contributed by atoms with van der Waals surface area (Å²) in [5.74, 6) is -1.86. The summed E-state index contributed by atoms with van der Waals surface area (Å²) in [5, 5.41) is 5.28. The van der Waals surface area contributed by atoms with Gasteiger partial charge < -0.3 is 9.47 Å². The number of ether oxygens (including phenoxy) is 2. The number of benzene rings is 2. The summed E-state index contributed by atoms with van der Waals surface area (Å²) in [7, 11) is -4.25. The van der Waals surface area contributed by atoms with Crippen molar-refractivity contribution in [1.82, 2.24) is 0 Å². The Morgan fingerprint density at radius 3 is 2.36 bits per heavy atom. The standard InChI is InChI=1S/C18H17F4NO4S/c19-12-5-3-11(4-6-12)17(15-2-1-9-26-15)14-10-13(27-18(20,21)22)7-8-16(14)28(23,24)25/h3-8,10,15,17H,1-2,9H2,(H2,23,24,25)/t15-,17+/m1/s1. The molecule has 0 spiro atoms. The Morgan fingerprint density at radius 1 is 1.14 bits per heavy atom. The first-order valence-corrected chi connectivity index (χ1v) is 9.89. The van der Waals surface area contributed by atoms with Crippen molar-refractivity contribution in [2.24, 2.45) is 5.14 Å². The summed E-state index contributed by atoms with van der Waals surface area (Å²) in [6.07, 6.45) is -4.20. The minimum atomic E-state index is -4.95. The molecule has 0 aliphatic carbocycles. The van der Waals surface area contributed by atoms with E-state index in [1.54, 1.807) is 0 Å². The van der Waals surface area contributed by atoms with E-state index in [9.17, 15) is 26.0 Å². The molecular weight excluding hydrogens is 402 g/mol. The van der Waals surface area contributed by atoms with Crippen LogP contribution in [0.2, 0.25) is 0 Å². The zero-order valence-electron chi connectivity index (χ0n) is 14.4. The number of hydrogen-bond acceptors (Lipinski definition) is 4. The van der Waals surface area contributed by atoms with Crippen LogP contribution in [0.3, 0.4) is 0 Å². The average molecular weight is 419 g/mol. The number of alkyl halides is 3. The molecule has 1 aliphatic rings. The van der Waals surface area contributed by atoms with Crippen LogP contribution in [-0.4, -0.2) is 27.5 Å². The second-order valence-corrected chi connectivity index (χ2v) is 7.90. The quantitative estimate of drug-likeness (QED) is 0.750. The van der Waals surface area contributed by atoms with E-state index in [2.05, 4.69) is 4.74 Å². The van der Waals surface area contributed by atoms with E-state index in [4.69, 9.17) is 9.88 Å². The Labute approximate surface area is 159 Å². The lowest BCUT2D eigenvalue weighted by Crippen LogP contribution is -2.24. The lowest BCUT2D eigenvalue weighted by atomic mass is 9.85. The molecule has 10 heteroatoms. The molecule has 0 radical (unpaired) electrons. The van der Waals surface area contributed by atoms with Crippen LogP contribution in [0.15, 0.2) is 47.4 Å². The highest BCUT2D eigenvalue weighted by atomic mass is 32.2. The molecule has 0 amide bonds. The number of primary sulfonamides is 1. The summed E-state index contributed by atoms with van der Waals surface area (Å²) in [5.41, 5.74) is 0.491. The Balaban J connectivity index is 2.18. The molecule has 1 heterocycles. The van der Waals surface area contributed by atoms with Crippen LogP contribution in [0.4, 0.5) is 17.6 Å². The number of sulfonamides is 1. The third kappa shape index (κ3) is 4.81. The molecule has 0 saturated carbocycles. The number of hydrogen-bond donors (Lipinski definition) is 1. The first-order chi connectivity index (χ1) is 13.0. The molecule has 0 unspecified atom stereocenters. The molecule has 1 fully saturated rings. The highest BCUT2D eigenvalue weighted by Gasteiger charge is 2.35. The zero-order chi connectivity index (χ0) is 20.5. The van der Waals surface area contributed by atoms with Crippen LogP contribution in [0.5, 0.6) is 5.75 Å². The minimum absolute atomic E-state index is 0.00255. The second-order valence-electron chi connectivity index (χ2n) is 6.37. The van der Waals surface area contributed by atoms with Gasteiger partial charge in [0, 0.05) is 12.5 Å². The van der Waals surface area contributed by atoms with Crippen LogP contribution in [-0.2, 0) is 14.8 Å². The topological polar surface area (TPSA) is 78.6 Å². The molecule has 0 bridgehead atoms. The van der Waals surface area contributed by atoms with Crippen LogP contribution in [0.25, 0.3) is 0 Å². The SMILES string of the molecule is NS(=O)(=O)c1ccc(OC(F)(F)F)cc1[C@H](c1ccc(F)cc1)[C@H]1CCCO1. The Hall–Kier alpha value is -2.17. The van der Waals surface area contributed by atoms with Crippen LogP contribution >= 0.6 is 0 Å². The van der Waals surface area contributed by atoms with Crippen LogP contribution in [0.1, 0.15) is 29.9 Å². The van der Waals surface area contributed by atoms with Gasteiger partial charge >= 0.3 is 6.36 Å². The molecule has 152 valence electrons. The zero-order valence-corrected chi connectivity index (χ0v) is 15.3. The van der Waals surface area contributed by atoms with Gasteiger partial charge in [0.25, 0.3) is 0 Å². The van der Waals surface area contributed by atoms with E-state index < -0.39 is 40.0 Å². The largest absolute Gasteiger partial charge is 0.573 e. The van der Waals surface area contributed by atoms with Crippen LogP contribution < -0.4 is 9.88 Å². The van der Waals surface area contributed by atoms with Gasteiger partial charge in [0.1, 0.15) is 11.6 Å². The highest BCUT2D eigenvalue weighted by molar-refractivity contribution is 7.89. The summed E-state index contributed by atoms with van der Waals surface area (Å²) in [6, 6.07) is 8.08. The molecule has 2 aromatic rings. The van der Waals surface area contributed by atoms with Gasteiger partial charge in [-0.05, 0) is 54.3 Å². The van der Waals surface area contributed by atoms with Crippen LogP contribution in [0, 0.1) is 5.82 Å². The summed E-state index contributed by atoms with van der Waals surface area (Å²) >= 11 is 0. The maximum atomic E-state index is 13.4. The van der Waals surface area contributed by atoms with Gasteiger partial charge in [0.2, 0.25) is 10.0 Å². The van der Waals surface area contributed by atoms with E-state index in [1.807, 2.05) is 0 Å². The highest BCUT2D eigenvalue weighted by Crippen LogP contribution is 2.39. The lowest BCUT2D eigenvalue weighted by molar-refractivity contribution is -0.274. The molecule has 2 atom stereocenters. The summed E-state index contributed by atoms with van der Waals surface area (Å²) < 4.78 is 85.0. The predicted octanol–water partition coefficient (Wildman–Crippen LogP) is 3.68. The van der Waals surface area contributed by atoms with E-state index >= 15 is 0 Å². The van der Waals surface area contributed by atoms with Crippen molar-refractivity contribution in [1.29, 1.82) is 0 Å². The number of nitrogens with two attached hydrogens (primary N) is 1. The fraction of sp³-hybridized carbons (Fsp3) is 0.333. The fourth-order valence-electron chi connectivity index (χ4n) is 3.36. The lowest BCUT2D eigenvalue weighted by Gasteiger charge is -2.26. The van der Waals surface area contributed by atoms with Gasteiger partial charge in [-0.15, -0.1) is 13.2 Å². The fourth-order valence-corrected chi connectivity index (χ4v) is 4.13. The van der Waals surface area contributed by atoms with E-state index in [1.165, 1.54) is 24.3 Å². The first-order valence-electron chi connectivity index (χ1n) is 8.34. The molecule has 2 N–H and O–H groups in total. The molecule has 1 aliphatic heterocycles. The average Bonchev–Trinajstić information content (AvgIpc) is 3.08. The molecule has 3 rings (SSSR count). The smallest absolute Gasteiger partial charge is 0.406 e. The van der Waals surface area contributed by atoms with Crippen molar-refractivity contribution in [3.63, 3.8) is 0 Å². The van der Waals surface area contributed by atoms with Gasteiger partial charge in [0.15, 0.2) is 0 Å². The van der Waals surface area contributed by atoms with Gasteiger partial charge in [-0.25, -0.2) is 17.9 Å². The van der Waals surface area contributed by atoms with Crippen molar-refractivity contribution in [2.45, 2.75) is 36.1 Å². The first kappa shape index (κ1) is 20.6. The van der Waals surface area contributed by atoms with Gasteiger partial charge in [-0.3, -0.25) is 0 Å². The van der Waals surface area contributed by atoms with Crippen molar-refractivity contribution in [3.8, 4) is 5.75 Å². The van der Waals surface area contributed by atoms with Crippen molar-refractivity contribution in [3.05, 3.63) is 59.4 Å². The Morgan fingerprint density at radius 2 is 1.82 bits per heavy atom. The number of halogens is 4. The van der Waals surface area contributed by atoms with Crippen molar-refractivity contribution < 1.29 is 35.5 Å². The third-order valence-electron chi connectivity index (χ3n) is 4.42. The molecule has 5 nitrogen and oxygen atoms in total. The van der Waals surface area contributed by atoms with Gasteiger partial charge in [-0.2, -0.15) is 0 Å². The maximum Gasteiger partial charge on any atom is 0.573 e. The molecule has 2 aromatic carbocycles. The summed E-state index contributed by atoms with van der Waals surface area (Å²) in [6.45, 7) is 0.422. The van der Waals surface area contributed by atoms with Gasteiger partial charge in [-0.1, -0.05) is 12.1 Å². The molecule has 1 saturated heterocycles. The van der Waals surface area contributed by atoms with E-state index in [0.29, 0.717) is 25.0 Å². The number of rotatable bonds is 5. The van der Waals surface area contributed by atoms with E-state index in [-0.39, 0.29) is 10.5 Å². The maximum absolute atomic E-state index is 13.4. The Bertz CT molecular complexity index is 939. The van der Waals surface area contributed by atoms with Gasteiger partial charge in [0.05, 0.1) is 11.0 Å². The van der Waals surface area contributed by atoms with Crippen molar-refractivity contribution in [2.75, 3.05) is 6.61 Å². The second kappa shape index (κ2) is 7.69. The Kier molecular flexibility index (Phi) is 5.64. The molecule has 0 aromatic heterocycles. The molecular formula is C18H17F4NO4S. The summed E-state index contributed by atoms with van der Waals surface area (Å²) in [4.78, 5) is -0.341. The normalized spacial score (nSPS) is 18.8. The molecule has 28 heavy (non-hydrogen) atoms. The van der Waals surface area contributed by atoms with Crippen molar-refractivity contribution >= 4 is 10.0 Å². The third-order valence-corrected chi connectivity index (χ3v) is 5.41.